The molecule has 0 aromatic rings. The van der Waals surface area contributed by atoms with Crippen molar-refractivity contribution in [2.24, 2.45) is 5.92 Å². The van der Waals surface area contributed by atoms with Gasteiger partial charge in [0.2, 0.25) is 0 Å². The SMILES string of the molecule is CCC=CCCCC(C)CCO. The van der Waals surface area contributed by atoms with Gasteiger partial charge in [-0.3, -0.25) is 0 Å². The highest BCUT2D eigenvalue weighted by molar-refractivity contribution is 4.79. The van der Waals surface area contributed by atoms with E-state index in [0.29, 0.717) is 12.5 Å². The molecule has 0 saturated heterocycles. The Morgan fingerprint density at radius 3 is 2.58 bits per heavy atom. The van der Waals surface area contributed by atoms with Gasteiger partial charge in [-0.1, -0.05) is 32.4 Å². The minimum absolute atomic E-state index is 0.339. The Bertz CT molecular complexity index is 108. The number of aliphatic hydroxyl groups excluding tert-OH is 1. The second-order valence-electron chi connectivity index (χ2n) is 3.43. The van der Waals surface area contributed by atoms with E-state index >= 15 is 0 Å². The lowest BCUT2D eigenvalue weighted by molar-refractivity contribution is 0.257. The van der Waals surface area contributed by atoms with E-state index in [1.54, 1.807) is 0 Å². The molecule has 12 heavy (non-hydrogen) atoms. The van der Waals surface area contributed by atoms with Gasteiger partial charge in [0.25, 0.3) is 0 Å². The van der Waals surface area contributed by atoms with Crippen LogP contribution in [0.3, 0.4) is 0 Å². The Morgan fingerprint density at radius 2 is 2.00 bits per heavy atom. The molecule has 0 radical (unpaired) electrons. The zero-order valence-corrected chi connectivity index (χ0v) is 8.42. The van der Waals surface area contributed by atoms with Gasteiger partial charge in [-0.05, 0) is 31.6 Å². The van der Waals surface area contributed by atoms with Gasteiger partial charge in [0.1, 0.15) is 0 Å². The van der Waals surface area contributed by atoms with Crippen LogP contribution in [0.2, 0.25) is 0 Å². The molecular weight excluding hydrogens is 148 g/mol. The van der Waals surface area contributed by atoms with E-state index in [2.05, 4.69) is 26.0 Å². The van der Waals surface area contributed by atoms with Crippen LogP contribution >= 0.6 is 0 Å². The summed E-state index contributed by atoms with van der Waals surface area (Å²) in [6, 6.07) is 0. The molecule has 0 aliphatic heterocycles. The van der Waals surface area contributed by atoms with Gasteiger partial charge in [0, 0.05) is 6.61 Å². The van der Waals surface area contributed by atoms with Crippen molar-refractivity contribution in [3.05, 3.63) is 12.2 Å². The van der Waals surface area contributed by atoms with Crippen molar-refractivity contribution < 1.29 is 5.11 Å². The number of hydrogen-bond acceptors (Lipinski definition) is 1. The molecule has 0 fully saturated rings. The molecule has 72 valence electrons. The lowest BCUT2D eigenvalue weighted by atomic mass is 10.0. The molecule has 0 aromatic heterocycles. The molecular formula is C11H22O. The third-order valence-corrected chi connectivity index (χ3v) is 2.09. The fourth-order valence-electron chi connectivity index (χ4n) is 1.23. The topological polar surface area (TPSA) is 20.2 Å². The van der Waals surface area contributed by atoms with Crippen molar-refractivity contribution >= 4 is 0 Å². The summed E-state index contributed by atoms with van der Waals surface area (Å²) in [6.07, 6.45) is 10.3. The van der Waals surface area contributed by atoms with Crippen molar-refractivity contribution in [3.8, 4) is 0 Å². The van der Waals surface area contributed by atoms with Crippen LogP contribution in [-0.4, -0.2) is 11.7 Å². The first-order valence-corrected chi connectivity index (χ1v) is 5.07. The van der Waals surface area contributed by atoms with Crippen LogP contribution in [0.5, 0.6) is 0 Å². The van der Waals surface area contributed by atoms with E-state index in [0.717, 1.165) is 12.8 Å². The van der Waals surface area contributed by atoms with Gasteiger partial charge >= 0.3 is 0 Å². The first-order chi connectivity index (χ1) is 5.81. The summed E-state index contributed by atoms with van der Waals surface area (Å²) in [5, 5.41) is 8.66. The largest absolute Gasteiger partial charge is 0.396 e. The molecule has 1 N–H and O–H groups in total. The maximum Gasteiger partial charge on any atom is 0.0433 e. The van der Waals surface area contributed by atoms with E-state index in [4.69, 9.17) is 5.11 Å². The molecule has 0 aromatic carbocycles. The minimum atomic E-state index is 0.339. The monoisotopic (exact) mass is 170 g/mol. The predicted octanol–water partition coefficient (Wildman–Crippen LogP) is 3.14. The molecule has 0 heterocycles. The van der Waals surface area contributed by atoms with Crippen LogP contribution < -0.4 is 0 Å². The summed E-state index contributed by atoms with van der Waals surface area (Å²) >= 11 is 0. The predicted molar refractivity (Wildman–Crippen MR) is 54.1 cm³/mol. The van der Waals surface area contributed by atoms with Gasteiger partial charge in [-0.2, -0.15) is 0 Å². The maximum atomic E-state index is 8.66. The van der Waals surface area contributed by atoms with E-state index in [9.17, 15) is 0 Å². The van der Waals surface area contributed by atoms with Crippen LogP contribution in [0.1, 0.15) is 46.0 Å². The van der Waals surface area contributed by atoms with Crippen molar-refractivity contribution in [1.29, 1.82) is 0 Å². The van der Waals surface area contributed by atoms with E-state index < -0.39 is 0 Å². The molecule has 0 spiro atoms. The summed E-state index contributed by atoms with van der Waals surface area (Å²) in [5.41, 5.74) is 0. The average molecular weight is 170 g/mol. The molecule has 1 atom stereocenters. The Balaban J connectivity index is 3.13. The maximum absolute atomic E-state index is 8.66. The van der Waals surface area contributed by atoms with Crippen LogP contribution in [0.4, 0.5) is 0 Å². The molecule has 0 aliphatic rings. The van der Waals surface area contributed by atoms with Crippen molar-refractivity contribution in [1.82, 2.24) is 0 Å². The second kappa shape index (κ2) is 8.79. The molecule has 1 nitrogen and oxygen atoms in total. The quantitative estimate of drug-likeness (QED) is 0.459. The zero-order chi connectivity index (χ0) is 9.23. The Hall–Kier alpha value is -0.300. The van der Waals surface area contributed by atoms with Gasteiger partial charge in [-0.15, -0.1) is 0 Å². The number of allylic oxidation sites excluding steroid dienone is 2. The summed E-state index contributed by atoms with van der Waals surface area (Å²) in [4.78, 5) is 0. The van der Waals surface area contributed by atoms with Crippen molar-refractivity contribution in [2.75, 3.05) is 6.61 Å². The van der Waals surface area contributed by atoms with E-state index in [1.807, 2.05) is 0 Å². The number of rotatable bonds is 7. The van der Waals surface area contributed by atoms with Crippen LogP contribution in [0.25, 0.3) is 0 Å². The molecule has 0 aliphatic carbocycles. The van der Waals surface area contributed by atoms with Crippen LogP contribution in [0, 0.1) is 5.92 Å². The molecule has 0 saturated carbocycles. The lowest BCUT2D eigenvalue weighted by Gasteiger charge is -2.07. The van der Waals surface area contributed by atoms with Crippen LogP contribution in [0.15, 0.2) is 12.2 Å². The lowest BCUT2D eigenvalue weighted by Crippen LogP contribution is -1.97. The zero-order valence-electron chi connectivity index (χ0n) is 8.42. The standard InChI is InChI=1S/C11H22O/c1-3-4-5-6-7-8-11(2)9-10-12/h4-5,11-12H,3,6-10H2,1-2H3. The highest BCUT2D eigenvalue weighted by Crippen LogP contribution is 2.11. The third-order valence-electron chi connectivity index (χ3n) is 2.09. The summed E-state index contributed by atoms with van der Waals surface area (Å²) in [5.74, 6) is 0.685. The van der Waals surface area contributed by atoms with Gasteiger partial charge in [0.05, 0.1) is 0 Å². The minimum Gasteiger partial charge on any atom is -0.396 e. The molecule has 1 heteroatoms. The van der Waals surface area contributed by atoms with Crippen molar-refractivity contribution in [2.45, 2.75) is 46.0 Å². The fraction of sp³-hybridized carbons (Fsp3) is 0.818. The summed E-state index contributed by atoms with van der Waals surface area (Å²) in [6.45, 7) is 4.70. The third kappa shape index (κ3) is 7.80. The number of unbranched alkanes of at least 4 members (excludes halogenated alkanes) is 1. The Morgan fingerprint density at radius 1 is 1.25 bits per heavy atom. The molecule has 0 amide bonds. The second-order valence-corrected chi connectivity index (χ2v) is 3.43. The first kappa shape index (κ1) is 11.7. The Kier molecular flexibility index (Phi) is 8.57. The van der Waals surface area contributed by atoms with Gasteiger partial charge < -0.3 is 5.11 Å². The van der Waals surface area contributed by atoms with Gasteiger partial charge in [-0.25, -0.2) is 0 Å². The summed E-state index contributed by atoms with van der Waals surface area (Å²) in [7, 11) is 0. The smallest absolute Gasteiger partial charge is 0.0433 e. The highest BCUT2D eigenvalue weighted by Gasteiger charge is 1.98. The van der Waals surface area contributed by atoms with E-state index in [-0.39, 0.29) is 0 Å². The first-order valence-electron chi connectivity index (χ1n) is 5.07. The van der Waals surface area contributed by atoms with Crippen LogP contribution in [-0.2, 0) is 0 Å². The number of hydrogen-bond donors (Lipinski definition) is 1. The number of aliphatic hydroxyl groups is 1. The Labute approximate surface area is 76.5 Å². The average Bonchev–Trinajstić information content (AvgIpc) is 2.05. The van der Waals surface area contributed by atoms with E-state index in [1.165, 1.54) is 19.3 Å². The van der Waals surface area contributed by atoms with Gasteiger partial charge in [0.15, 0.2) is 0 Å². The summed E-state index contributed by atoms with van der Waals surface area (Å²) < 4.78 is 0. The molecule has 0 rings (SSSR count). The molecule has 1 unspecified atom stereocenters. The van der Waals surface area contributed by atoms with Crippen molar-refractivity contribution in [3.63, 3.8) is 0 Å². The molecule has 0 bridgehead atoms. The highest BCUT2D eigenvalue weighted by atomic mass is 16.2. The normalized spacial score (nSPS) is 13.9. The fourth-order valence-corrected chi connectivity index (χ4v) is 1.23.